The number of thiazole rings is 1. The van der Waals surface area contributed by atoms with Crippen molar-refractivity contribution in [3.63, 3.8) is 0 Å². The van der Waals surface area contributed by atoms with Gasteiger partial charge in [-0.2, -0.15) is 15.2 Å². The topological polar surface area (TPSA) is 85.2 Å². The van der Waals surface area contributed by atoms with Crippen LogP contribution in [0.25, 0.3) is 87.7 Å². The van der Waals surface area contributed by atoms with Gasteiger partial charge in [-0.25, -0.2) is 9.97 Å². The van der Waals surface area contributed by atoms with Crippen LogP contribution in [0.3, 0.4) is 0 Å². The summed E-state index contributed by atoms with van der Waals surface area (Å²) in [7, 11) is 0. The second-order valence-electron chi connectivity index (χ2n) is 11.9. The van der Waals surface area contributed by atoms with Crippen LogP contribution in [-0.4, -0.2) is 29.1 Å². The van der Waals surface area contributed by atoms with E-state index < -0.39 is 0 Å². The van der Waals surface area contributed by atoms with Crippen molar-refractivity contribution in [3.05, 3.63) is 145 Å². The molecule has 0 saturated heterocycles. The van der Waals surface area contributed by atoms with E-state index in [4.69, 9.17) is 19.9 Å². The van der Waals surface area contributed by atoms with Gasteiger partial charge in [-0.15, -0.1) is 0 Å². The van der Waals surface area contributed by atoms with Gasteiger partial charge >= 0.3 is 0 Å². The number of nitriles is 1. The number of nitrogens with zero attached hydrogens (tertiary/aromatic N) is 7. The van der Waals surface area contributed by atoms with Gasteiger partial charge in [-0.3, -0.25) is 9.13 Å². The molecule has 7 nitrogen and oxygen atoms in total. The standard InChI is InChI=1S/C41H23N7S/c42-24-25-18-20-27(21-19-25)39-44-38(26-10-2-1-3-11-26)45-40(46-39)47-33-15-7-4-12-28(33)30-22-23-31-29-13-5-8-16-34(29)48(37(31)36(30)47)41-43-32-14-6-9-17-35(32)49-41/h1-23H. The number of para-hydroxylation sites is 3. The molecule has 10 rings (SSSR count). The maximum atomic E-state index is 9.45. The first kappa shape index (κ1) is 27.4. The van der Waals surface area contributed by atoms with Crippen LogP contribution in [0.4, 0.5) is 0 Å². The molecule has 8 heteroatoms. The SMILES string of the molecule is N#Cc1ccc(-c2nc(-c3ccccc3)nc(-n3c4ccccc4c4ccc5c6ccccc6n(-c6nc7ccccc7s6)c5c43)n2)cc1. The zero-order valence-electron chi connectivity index (χ0n) is 25.8. The lowest BCUT2D eigenvalue weighted by atomic mass is 10.1. The van der Waals surface area contributed by atoms with E-state index in [0.717, 1.165) is 70.1 Å². The molecule has 0 N–H and O–H groups in total. The van der Waals surface area contributed by atoms with E-state index in [9.17, 15) is 5.26 Å². The lowest BCUT2D eigenvalue weighted by Gasteiger charge is -2.12. The number of fused-ring (bicyclic) bond motifs is 8. The molecule has 0 atom stereocenters. The van der Waals surface area contributed by atoms with E-state index in [1.807, 2.05) is 48.5 Å². The molecule has 228 valence electrons. The first-order valence-electron chi connectivity index (χ1n) is 15.9. The van der Waals surface area contributed by atoms with E-state index >= 15 is 0 Å². The summed E-state index contributed by atoms with van der Waals surface area (Å²) in [6.07, 6.45) is 0. The highest BCUT2D eigenvalue weighted by molar-refractivity contribution is 7.20. The zero-order valence-corrected chi connectivity index (χ0v) is 26.6. The predicted molar refractivity (Wildman–Crippen MR) is 197 cm³/mol. The van der Waals surface area contributed by atoms with Crippen LogP contribution in [-0.2, 0) is 0 Å². The molecule has 0 saturated carbocycles. The number of benzene rings is 6. The van der Waals surface area contributed by atoms with E-state index in [1.54, 1.807) is 23.5 Å². The molecule has 0 unspecified atom stereocenters. The van der Waals surface area contributed by atoms with E-state index in [2.05, 4.69) is 94.1 Å². The van der Waals surface area contributed by atoms with Gasteiger partial charge in [0, 0.05) is 32.7 Å². The van der Waals surface area contributed by atoms with Gasteiger partial charge in [-0.05, 0) is 48.5 Å². The summed E-state index contributed by atoms with van der Waals surface area (Å²) in [5.41, 5.74) is 7.33. The third-order valence-electron chi connectivity index (χ3n) is 9.07. The molecule has 4 aromatic heterocycles. The van der Waals surface area contributed by atoms with Crippen LogP contribution in [0.5, 0.6) is 0 Å². The number of hydrogen-bond donors (Lipinski definition) is 0. The Kier molecular flexibility index (Phi) is 5.97. The lowest BCUT2D eigenvalue weighted by Crippen LogP contribution is -2.07. The molecule has 49 heavy (non-hydrogen) atoms. The summed E-state index contributed by atoms with van der Waals surface area (Å²) >= 11 is 1.68. The summed E-state index contributed by atoms with van der Waals surface area (Å²) in [5.74, 6) is 1.60. The van der Waals surface area contributed by atoms with Crippen LogP contribution in [0.15, 0.2) is 140 Å². The highest BCUT2D eigenvalue weighted by Crippen LogP contribution is 2.42. The summed E-state index contributed by atoms with van der Waals surface area (Å²) in [5, 5.41) is 14.8. The van der Waals surface area contributed by atoms with Crippen LogP contribution in [0.2, 0.25) is 0 Å². The minimum atomic E-state index is 0.507. The molecule has 0 aliphatic heterocycles. The van der Waals surface area contributed by atoms with Gasteiger partial charge in [0.15, 0.2) is 16.8 Å². The Morgan fingerprint density at radius 1 is 0.490 bits per heavy atom. The average molecular weight is 646 g/mol. The summed E-state index contributed by atoms with van der Waals surface area (Å²) in [4.78, 5) is 20.4. The van der Waals surface area contributed by atoms with Crippen LogP contribution < -0.4 is 0 Å². The third-order valence-corrected chi connectivity index (χ3v) is 10.1. The highest BCUT2D eigenvalue weighted by Gasteiger charge is 2.24. The predicted octanol–water partition coefficient (Wildman–Crippen LogP) is 9.88. The Morgan fingerprint density at radius 3 is 1.73 bits per heavy atom. The number of aromatic nitrogens is 6. The molecule has 0 fully saturated rings. The Bertz CT molecular complexity index is 2910. The van der Waals surface area contributed by atoms with Crippen molar-refractivity contribution in [3.8, 4) is 39.9 Å². The average Bonchev–Trinajstić information content (AvgIpc) is 3.85. The number of rotatable bonds is 4. The Labute approximate surface area is 283 Å². The van der Waals surface area contributed by atoms with Crippen molar-refractivity contribution >= 4 is 65.2 Å². The molecular formula is C41H23N7S. The van der Waals surface area contributed by atoms with Crippen molar-refractivity contribution in [2.45, 2.75) is 0 Å². The molecule has 6 aromatic carbocycles. The second kappa shape index (κ2) is 10.7. The molecule has 0 aliphatic rings. The smallest absolute Gasteiger partial charge is 0.238 e. The van der Waals surface area contributed by atoms with Gasteiger partial charge in [0.1, 0.15) is 0 Å². The van der Waals surface area contributed by atoms with Crippen LogP contribution in [0.1, 0.15) is 5.56 Å². The fourth-order valence-corrected chi connectivity index (χ4v) is 7.85. The van der Waals surface area contributed by atoms with Gasteiger partial charge in [0.25, 0.3) is 0 Å². The van der Waals surface area contributed by atoms with Crippen molar-refractivity contribution in [1.29, 1.82) is 5.26 Å². The van der Waals surface area contributed by atoms with Crippen molar-refractivity contribution < 1.29 is 0 Å². The maximum absolute atomic E-state index is 9.45. The van der Waals surface area contributed by atoms with Gasteiger partial charge < -0.3 is 0 Å². The highest BCUT2D eigenvalue weighted by atomic mass is 32.1. The second-order valence-corrected chi connectivity index (χ2v) is 12.9. The first-order valence-corrected chi connectivity index (χ1v) is 16.7. The molecular weight excluding hydrogens is 623 g/mol. The molecule has 10 aromatic rings. The van der Waals surface area contributed by atoms with Crippen LogP contribution >= 0.6 is 11.3 Å². The molecule has 4 heterocycles. The summed E-state index contributed by atoms with van der Waals surface area (Å²) in [6.45, 7) is 0. The fraction of sp³-hybridized carbons (Fsp3) is 0. The maximum Gasteiger partial charge on any atom is 0.238 e. The Hall–Kier alpha value is -6.69. The quantitative estimate of drug-likeness (QED) is 0.190. The molecule has 0 amide bonds. The Balaban J connectivity index is 1.37. The minimum Gasteiger partial charge on any atom is -0.283 e. The monoisotopic (exact) mass is 645 g/mol. The van der Waals surface area contributed by atoms with Gasteiger partial charge in [0.2, 0.25) is 5.95 Å². The fourth-order valence-electron chi connectivity index (χ4n) is 6.87. The third kappa shape index (κ3) is 4.20. The van der Waals surface area contributed by atoms with E-state index in [0.29, 0.717) is 23.2 Å². The molecule has 0 radical (unpaired) electrons. The van der Waals surface area contributed by atoms with E-state index in [1.165, 1.54) is 0 Å². The van der Waals surface area contributed by atoms with Crippen LogP contribution in [0, 0.1) is 11.3 Å². The minimum absolute atomic E-state index is 0.507. The molecule has 0 bridgehead atoms. The summed E-state index contributed by atoms with van der Waals surface area (Å²) in [6, 6.07) is 49.2. The normalized spacial score (nSPS) is 11.7. The van der Waals surface area contributed by atoms with Crippen molar-refractivity contribution in [2.75, 3.05) is 0 Å². The number of hydrogen-bond acceptors (Lipinski definition) is 6. The van der Waals surface area contributed by atoms with Gasteiger partial charge in [0.05, 0.1) is 43.9 Å². The largest absolute Gasteiger partial charge is 0.283 e. The van der Waals surface area contributed by atoms with Crippen molar-refractivity contribution in [2.24, 2.45) is 0 Å². The molecule has 0 aliphatic carbocycles. The van der Waals surface area contributed by atoms with E-state index in [-0.39, 0.29) is 0 Å². The lowest BCUT2D eigenvalue weighted by molar-refractivity contribution is 0.953. The van der Waals surface area contributed by atoms with Gasteiger partial charge in [-0.1, -0.05) is 102 Å². The zero-order chi connectivity index (χ0) is 32.5. The molecule has 0 spiro atoms. The first-order chi connectivity index (χ1) is 24.2. The summed E-state index contributed by atoms with van der Waals surface area (Å²) < 4.78 is 5.61. The Morgan fingerprint density at radius 2 is 1.06 bits per heavy atom. The van der Waals surface area contributed by atoms with Crippen molar-refractivity contribution in [1.82, 2.24) is 29.1 Å².